The van der Waals surface area contributed by atoms with Crippen molar-refractivity contribution in [3.63, 3.8) is 0 Å². The van der Waals surface area contributed by atoms with Gasteiger partial charge in [-0.3, -0.25) is 9.36 Å². The van der Waals surface area contributed by atoms with Crippen LogP contribution >= 0.6 is 23.2 Å². The van der Waals surface area contributed by atoms with E-state index in [1.54, 1.807) is 0 Å². The lowest BCUT2D eigenvalue weighted by Crippen LogP contribution is -2.16. The van der Waals surface area contributed by atoms with E-state index in [1.165, 1.54) is 0 Å². The molecule has 0 unspecified atom stereocenters. The fourth-order valence-electron chi connectivity index (χ4n) is 4.08. The van der Waals surface area contributed by atoms with E-state index in [-0.39, 0.29) is 0 Å². The Bertz CT molecular complexity index is 1260. The van der Waals surface area contributed by atoms with E-state index < -0.39 is 0 Å². The van der Waals surface area contributed by atoms with Gasteiger partial charge in [-0.05, 0) is 35.4 Å². The molecule has 0 N–H and O–H groups in total. The number of aromatic nitrogens is 4. The summed E-state index contributed by atoms with van der Waals surface area (Å²) in [5, 5.41) is 10.1. The molecule has 0 saturated heterocycles. The summed E-state index contributed by atoms with van der Waals surface area (Å²) in [6.07, 6.45) is 7.60. The number of halogens is 2. The summed E-state index contributed by atoms with van der Waals surface area (Å²) in [7, 11) is 0. The van der Waals surface area contributed by atoms with Crippen molar-refractivity contribution in [1.29, 1.82) is 0 Å². The van der Waals surface area contributed by atoms with Gasteiger partial charge in [-0.15, -0.1) is 0 Å². The maximum Gasteiger partial charge on any atom is 0.179 e. The van der Waals surface area contributed by atoms with Crippen molar-refractivity contribution in [3.05, 3.63) is 70.2 Å². The van der Waals surface area contributed by atoms with Crippen LogP contribution in [0.3, 0.4) is 0 Å². The zero-order valence-electron chi connectivity index (χ0n) is 18.0. The summed E-state index contributed by atoms with van der Waals surface area (Å²) in [6, 6.07) is 7.65. The minimum atomic E-state index is 0.504. The summed E-state index contributed by atoms with van der Waals surface area (Å²) in [6.45, 7) is 3.15. The first-order valence-corrected chi connectivity index (χ1v) is 11.6. The molecule has 174 valence electrons. The van der Waals surface area contributed by atoms with Crippen LogP contribution in [0.1, 0.15) is 11.1 Å². The second kappa shape index (κ2) is 8.77. The standard InChI is InChI=1S/C24H20Cl2N4O4/c25-19-5-15(7-21-23(19)33-3-1-31-21)11-29-13-17(9-27-29)18-10-28-30(14-18)12-16-6-20(26)24-22(8-16)32-2-4-34-24/h5-10,13-14H,1-4,11-12H2. The summed E-state index contributed by atoms with van der Waals surface area (Å²) in [5.74, 6) is 2.54. The van der Waals surface area contributed by atoms with E-state index in [0.29, 0.717) is 72.6 Å². The second-order valence-electron chi connectivity index (χ2n) is 8.06. The van der Waals surface area contributed by atoms with Crippen molar-refractivity contribution in [3.8, 4) is 34.1 Å². The number of nitrogens with zero attached hydrogens (tertiary/aromatic N) is 4. The minimum Gasteiger partial charge on any atom is -0.486 e. The Kier molecular flexibility index (Phi) is 5.47. The fraction of sp³-hybridized carbons (Fsp3) is 0.250. The number of rotatable bonds is 5. The molecule has 4 aromatic rings. The molecule has 6 rings (SSSR count). The largest absolute Gasteiger partial charge is 0.486 e. The molecule has 0 atom stereocenters. The van der Waals surface area contributed by atoms with Gasteiger partial charge in [0.25, 0.3) is 0 Å². The lowest BCUT2D eigenvalue weighted by molar-refractivity contribution is 0.171. The summed E-state index contributed by atoms with van der Waals surface area (Å²) in [5.41, 5.74) is 3.90. The van der Waals surface area contributed by atoms with Gasteiger partial charge in [0, 0.05) is 23.5 Å². The van der Waals surface area contributed by atoms with Crippen LogP contribution in [-0.2, 0) is 13.1 Å². The number of hydrogen-bond donors (Lipinski definition) is 0. The van der Waals surface area contributed by atoms with E-state index >= 15 is 0 Å². The monoisotopic (exact) mass is 498 g/mol. The van der Waals surface area contributed by atoms with Crippen molar-refractivity contribution in [2.45, 2.75) is 13.1 Å². The lowest BCUT2D eigenvalue weighted by Gasteiger charge is -2.20. The molecule has 10 heteroatoms. The van der Waals surface area contributed by atoms with Crippen LogP contribution in [0, 0.1) is 0 Å². The second-order valence-corrected chi connectivity index (χ2v) is 8.87. The molecule has 4 heterocycles. The molecular formula is C24H20Cl2N4O4. The number of hydrogen-bond acceptors (Lipinski definition) is 6. The molecular weight excluding hydrogens is 479 g/mol. The third-order valence-corrected chi connectivity index (χ3v) is 6.16. The van der Waals surface area contributed by atoms with Crippen LogP contribution in [0.15, 0.2) is 49.1 Å². The quantitative estimate of drug-likeness (QED) is 0.397. The minimum absolute atomic E-state index is 0.504. The normalized spacial score (nSPS) is 14.3. The fourth-order valence-corrected chi connectivity index (χ4v) is 4.66. The number of fused-ring (bicyclic) bond motifs is 2. The Morgan fingerprint density at radius 3 is 1.56 bits per heavy atom. The molecule has 0 bridgehead atoms. The summed E-state index contributed by atoms with van der Waals surface area (Å²) < 4.78 is 26.2. The smallest absolute Gasteiger partial charge is 0.179 e. The Morgan fingerprint density at radius 1 is 0.647 bits per heavy atom. The third kappa shape index (κ3) is 4.15. The SMILES string of the molecule is Clc1cc(Cn2cc(-c3cnn(Cc4cc(Cl)c5c(c4)OCCO5)c3)cn2)cc2c1OCCO2. The van der Waals surface area contributed by atoms with Crippen molar-refractivity contribution in [2.24, 2.45) is 0 Å². The maximum absolute atomic E-state index is 6.36. The van der Waals surface area contributed by atoms with Gasteiger partial charge < -0.3 is 18.9 Å². The van der Waals surface area contributed by atoms with Gasteiger partial charge in [0.2, 0.25) is 0 Å². The Labute approximate surface area is 205 Å². The highest BCUT2D eigenvalue weighted by molar-refractivity contribution is 6.32. The predicted octanol–water partition coefficient (Wildman–Crippen LogP) is 4.69. The Hall–Kier alpha value is -3.36. The molecule has 8 nitrogen and oxygen atoms in total. The zero-order valence-corrected chi connectivity index (χ0v) is 19.6. The van der Waals surface area contributed by atoms with E-state index in [2.05, 4.69) is 10.2 Å². The van der Waals surface area contributed by atoms with E-state index in [1.807, 2.05) is 58.4 Å². The van der Waals surface area contributed by atoms with Crippen LogP contribution in [-0.4, -0.2) is 46.0 Å². The lowest BCUT2D eigenvalue weighted by atomic mass is 10.2. The predicted molar refractivity (Wildman–Crippen MR) is 127 cm³/mol. The molecule has 0 radical (unpaired) electrons. The molecule has 2 aliphatic heterocycles. The molecule has 2 aliphatic rings. The first-order valence-electron chi connectivity index (χ1n) is 10.8. The summed E-state index contributed by atoms with van der Waals surface area (Å²) in [4.78, 5) is 0. The van der Waals surface area contributed by atoms with Crippen LogP contribution in [0.5, 0.6) is 23.0 Å². The first-order chi connectivity index (χ1) is 16.6. The van der Waals surface area contributed by atoms with Gasteiger partial charge in [-0.25, -0.2) is 0 Å². The molecule has 2 aromatic heterocycles. The van der Waals surface area contributed by atoms with E-state index in [9.17, 15) is 0 Å². The summed E-state index contributed by atoms with van der Waals surface area (Å²) >= 11 is 12.7. The van der Waals surface area contributed by atoms with Crippen molar-refractivity contribution >= 4 is 23.2 Å². The molecule has 0 spiro atoms. The van der Waals surface area contributed by atoms with Crippen LogP contribution < -0.4 is 18.9 Å². The maximum atomic E-state index is 6.36. The highest BCUT2D eigenvalue weighted by atomic mass is 35.5. The molecule has 0 saturated carbocycles. The number of ether oxygens (including phenoxy) is 4. The molecule has 0 amide bonds. The van der Waals surface area contributed by atoms with Crippen LogP contribution in [0.25, 0.3) is 11.1 Å². The Balaban J connectivity index is 1.17. The van der Waals surface area contributed by atoms with E-state index in [0.717, 1.165) is 22.3 Å². The van der Waals surface area contributed by atoms with Gasteiger partial charge >= 0.3 is 0 Å². The third-order valence-electron chi connectivity index (χ3n) is 5.60. The highest BCUT2D eigenvalue weighted by Crippen LogP contribution is 2.39. The van der Waals surface area contributed by atoms with Gasteiger partial charge in [0.05, 0.1) is 35.5 Å². The average molecular weight is 499 g/mol. The van der Waals surface area contributed by atoms with Gasteiger partial charge in [0.15, 0.2) is 23.0 Å². The zero-order chi connectivity index (χ0) is 23.1. The van der Waals surface area contributed by atoms with Crippen LogP contribution in [0.2, 0.25) is 10.0 Å². The van der Waals surface area contributed by atoms with Crippen LogP contribution in [0.4, 0.5) is 0 Å². The van der Waals surface area contributed by atoms with Crippen molar-refractivity contribution < 1.29 is 18.9 Å². The Morgan fingerprint density at radius 2 is 1.09 bits per heavy atom. The first kappa shape index (κ1) is 21.2. The molecule has 0 fully saturated rings. The van der Waals surface area contributed by atoms with Gasteiger partial charge in [-0.2, -0.15) is 10.2 Å². The molecule has 2 aromatic carbocycles. The highest BCUT2D eigenvalue weighted by Gasteiger charge is 2.18. The number of benzene rings is 2. The van der Waals surface area contributed by atoms with Crippen molar-refractivity contribution in [1.82, 2.24) is 19.6 Å². The van der Waals surface area contributed by atoms with Gasteiger partial charge in [-0.1, -0.05) is 23.2 Å². The average Bonchev–Trinajstić information content (AvgIpc) is 3.49. The molecule has 0 aliphatic carbocycles. The van der Waals surface area contributed by atoms with Crippen molar-refractivity contribution in [2.75, 3.05) is 26.4 Å². The van der Waals surface area contributed by atoms with Gasteiger partial charge in [0.1, 0.15) is 26.4 Å². The topological polar surface area (TPSA) is 72.6 Å². The molecule has 34 heavy (non-hydrogen) atoms. The van der Waals surface area contributed by atoms with E-state index in [4.69, 9.17) is 42.1 Å².